The van der Waals surface area contributed by atoms with Gasteiger partial charge in [-0.3, -0.25) is 4.79 Å². The van der Waals surface area contributed by atoms with Gasteiger partial charge in [0.2, 0.25) is 5.78 Å². The highest BCUT2D eigenvalue weighted by Crippen LogP contribution is 2.36. The molecule has 1 fully saturated rings. The van der Waals surface area contributed by atoms with Crippen LogP contribution in [0.4, 0.5) is 13.2 Å². The minimum absolute atomic E-state index is 0.232. The monoisotopic (exact) mass is 208 g/mol. The van der Waals surface area contributed by atoms with Crippen molar-refractivity contribution in [3.05, 3.63) is 0 Å². The third kappa shape index (κ3) is 2.72. The molecule has 1 nitrogen and oxygen atoms in total. The fourth-order valence-electron chi connectivity index (χ4n) is 2.39. The Labute approximate surface area is 81.7 Å². The fourth-order valence-corrected chi connectivity index (χ4v) is 2.39. The zero-order chi connectivity index (χ0) is 10.9. The van der Waals surface area contributed by atoms with Crippen LogP contribution in [-0.4, -0.2) is 12.0 Å². The van der Waals surface area contributed by atoms with Crippen LogP contribution in [0.5, 0.6) is 0 Å². The van der Waals surface area contributed by atoms with Gasteiger partial charge in [0.25, 0.3) is 0 Å². The maximum atomic E-state index is 12.1. The minimum atomic E-state index is -4.65. The largest absolute Gasteiger partial charge is 0.450 e. The van der Waals surface area contributed by atoms with Crippen molar-refractivity contribution in [1.82, 2.24) is 0 Å². The standard InChI is InChI=1S/C10H15F3O/c1-6-3-7(2)5-8(4-6)9(14)10(11,12)13/h6-8H,3-5H2,1-2H3. The molecule has 1 saturated carbocycles. The molecule has 0 bridgehead atoms. The van der Waals surface area contributed by atoms with E-state index in [-0.39, 0.29) is 11.8 Å². The molecular formula is C10H15F3O. The molecule has 0 spiro atoms. The van der Waals surface area contributed by atoms with E-state index in [4.69, 9.17) is 0 Å². The van der Waals surface area contributed by atoms with Gasteiger partial charge >= 0.3 is 6.18 Å². The van der Waals surface area contributed by atoms with Gasteiger partial charge in [0, 0.05) is 5.92 Å². The average molecular weight is 208 g/mol. The maximum absolute atomic E-state index is 12.1. The molecule has 0 radical (unpaired) electrons. The molecule has 0 N–H and O–H groups in total. The lowest BCUT2D eigenvalue weighted by Gasteiger charge is -2.30. The summed E-state index contributed by atoms with van der Waals surface area (Å²) in [5, 5.41) is 0. The normalized spacial score (nSPS) is 34.2. The summed E-state index contributed by atoms with van der Waals surface area (Å²) in [7, 11) is 0. The summed E-state index contributed by atoms with van der Waals surface area (Å²) in [5.74, 6) is -1.87. The Bertz CT molecular complexity index is 212. The van der Waals surface area contributed by atoms with Crippen LogP contribution in [0.25, 0.3) is 0 Å². The summed E-state index contributed by atoms with van der Waals surface area (Å²) in [6.45, 7) is 3.82. The van der Waals surface area contributed by atoms with Crippen molar-refractivity contribution in [1.29, 1.82) is 0 Å². The van der Waals surface area contributed by atoms with E-state index >= 15 is 0 Å². The number of rotatable bonds is 1. The molecule has 0 heterocycles. The van der Waals surface area contributed by atoms with Crippen LogP contribution in [0.15, 0.2) is 0 Å². The lowest BCUT2D eigenvalue weighted by molar-refractivity contribution is -0.177. The molecule has 1 aliphatic rings. The molecule has 4 heteroatoms. The second kappa shape index (κ2) is 3.91. The van der Waals surface area contributed by atoms with Crippen LogP contribution in [0.2, 0.25) is 0 Å². The first-order chi connectivity index (χ1) is 6.30. The van der Waals surface area contributed by atoms with Gasteiger partial charge in [0.05, 0.1) is 0 Å². The molecule has 2 atom stereocenters. The topological polar surface area (TPSA) is 17.1 Å². The predicted molar refractivity (Wildman–Crippen MR) is 46.7 cm³/mol. The molecule has 0 amide bonds. The number of Topliss-reactive ketones (excluding diaryl/α,β-unsaturated/α-hetero) is 1. The smallest absolute Gasteiger partial charge is 0.289 e. The molecule has 0 aromatic heterocycles. The Morgan fingerprint density at radius 2 is 1.50 bits per heavy atom. The van der Waals surface area contributed by atoms with Gasteiger partial charge in [-0.25, -0.2) is 0 Å². The number of alkyl halides is 3. The van der Waals surface area contributed by atoms with E-state index in [0.29, 0.717) is 12.8 Å². The Hall–Kier alpha value is -0.540. The Balaban J connectivity index is 2.64. The third-order valence-corrected chi connectivity index (χ3v) is 2.83. The van der Waals surface area contributed by atoms with Crippen molar-refractivity contribution in [2.24, 2.45) is 17.8 Å². The third-order valence-electron chi connectivity index (χ3n) is 2.83. The molecule has 0 aromatic rings. The van der Waals surface area contributed by atoms with Crippen molar-refractivity contribution in [2.45, 2.75) is 39.3 Å². The lowest BCUT2D eigenvalue weighted by atomic mass is 9.75. The van der Waals surface area contributed by atoms with E-state index in [0.717, 1.165) is 6.42 Å². The molecule has 82 valence electrons. The van der Waals surface area contributed by atoms with Gasteiger partial charge in [-0.05, 0) is 31.1 Å². The van der Waals surface area contributed by atoms with Crippen molar-refractivity contribution >= 4 is 5.78 Å². The summed E-state index contributed by atoms with van der Waals surface area (Å²) < 4.78 is 36.4. The number of halogens is 3. The molecule has 0 aliphatic heterocycles. The van der Waals surface area contributed by atoms with Gasteiger partial charge in [0.15, 0.2) is 0 Å². The molecule has 0 aromatic carbocycles. The van der Waals surface area contributed by atoms with Gasteiger partial charge in [0.1, 0.15) is 0 Å². The molecule has 14 heavy (non-hydrogen) atoms. The van der Waals surface area contributed by atoms with Gasteiger partial charge < -0.3 is 0 Å². The first-order valence-electron chi connectivity index (χ1n) is 4.91. The van der Waals surface area contributed by atoms with E-state index in [2.05, 4.69) is 0 Å². The zero-order valence-electron chi connectivity index (χ0n) is 8.40. The van der Waals surface area contributed by atoms with Gasteiger partial charge in [-0.15, -0.1) is 0 Å². The number of hydrogen-bond acceptors (Lipinski definition) is 1. The Morgan fingerprint density at radius 3 is 1.86 bits per heavy atom. The minimum Gasteiger partial charge on any atom is -0.289 e. The SMILES string of the molecule is CC1CC(C)CC(C(=O)C(F)(F)F)C1. The summed E-state index contributed by atoms with van der Waals surface area (Å²) in [6.07, 6.45) is -2.94. The quantitative estimate of drug-likeness (QED) is 0.646. The highest BCUT2D eigenvalue weighted by molar-refractivity contribution is 5.86. The highest BCUT2D eigenvalue weighted by atomic mass is 19.4. The predicted octanol–water partition coefficient (Wildman–Crippen LogP) is 3.19. The van der Waals surface area contributed by atoms with Crippen LogP contribution in [0.1, 0.15) is 33.1 Å². The average Bonchev–Trinajstić information content (AvgIpc) is 1.99. The van der Waals surface area contributed by atoms with Crippen molar-refractivity contribution in [2.75, 3.05) is 0 Å². The van der Waals surface area contributed by atoms with Crippen LogP contribution >= 0.6 is 0 Å². The number of hydrogen-bond donors (Lipinski definition) is 0. The number of carbonyl (C=O) groups excluding carboxylic acids is 1. The Morgan fingerprint density at radius 1 is 1.07 bits per heavy atom. The second-order valence-electron chi connectivity index (χ2n) is 4.48. The summed E-state index contributed by atoms with van der Waals surface area (Å²) >= 11 is 0. The number of carbonyl (C=O) groups is 1. The first kappa shape index (κ1) is 11.5. The van der Waals surface area contributed by atoms with E-state index in [1.807, 2.05) is 13.8 Å². The molecule has 0 saturated heterocycles. The van der Waals surface area contributed by atoms with Crippen LogP contribution in [-0.2, 0) is 4.79 Å². The van der Waals surface area contributed by atoms with Crippen molar-refractivity contribution in [3.63, 3.8) is 0 Å². The highest BCUT2D eigenvalue weighted by Gasteiger charge is 2.44. The number of ketones is 1. The van der Waals surface area contributed by atoms with E-state index in [1.54, 1.807) is 0 Å². The van der Waals surface area contributed by atoms with Crippen LogP contribution in [0, 0.1) is 17.8 Å². The second-order valence-corrected chi connectivity index (χ2v) is 4.48. The molecule has 1 rings (SSSR count). The zero-order valence-corrected chi connectivity index (χ0v) is 8.40. The molecule has 1 aliphatic carbocycles. The van der Waals surface area contributed by atoms with Crippen molar-refractivity contribution in [3.8, 4) is 0 Å². The summed E-state index contributed by atoms with van der Waals surface area (Å²) in [4.78, 5) is 11.0. The van der Waals surface area contributed by atoms with E-state index < -0.39 is 17.9 Å². The lowest BCUT2D eigenvalue weighted by Crippen LogP contribution is -2.35. The van der Waals surface area contributed by atoms with Crippen molar-refractivity contribution < 1.29 is 18.0 Å². The van der Waals surface area contributed by atoms with E-state index in [9.17, 15) is 18.0 Å². The fraction of sp³-hybridized carbons (Fsp3) is 0.900. The molecule has 2 unspecified atom stereocenters. The summed E-state index contributed by atoms with van der Waals surface area (Å²) in [6, 6.07) is 0. The van der Waals surface area contributed by atoms with Crippen LogP contribution < -0.4 is 0 Å². The molecular weight excluding hydrogens is 193 g/mol. The van der Waals surface area contributed by atoms with E-state index in [1.165, 1.54) is 0 Å². The maximum Gasteiger partial charge on any atom is 0.450 e. The first-order valence-corrected chi connectivity index (χ1v) is 4.91. The van der Waals surface area contributed by atoms with Gasteiger partial charge in [-0.2, -0.15) is 13.2 Å². The van der Waals surface area contributed by atoms with Gasteiger partial charge in [-0.1, -0.05) is 13.8 Å². The summed E-state index contributed by atoms with van der Waals surface area (Å²) in [5.41, 5.74) is 0. The van der Waals surface area contributed by atoms with Crippen LogP contribution in [0.3, 0.4) is 0 Å². The Kier molecular flexibility index (Phi) is 3.22.